The molecule has 2 saturated heterocycles. The third-order valence-corrected chi connectivity index (χ3v) is 3.64. The maximum absolute atomic E-state index is 5.81. The zero-order valence-corrected chi connectivity index (χ0v) is 14.0. The summed E-state index contributed by atoms with van der Waals surface area (Å²) in [4.78, 5) is 8.35. The highest BCUT2D eigenvalue weighted by Gasteiger charge is 2.41. The van der Waals surface area contributed by atoms with Crippen molar-refractivity contribution in [1.29, 1.82) is 0 Å². The Labute approximate surface area is 135 Å². The third-order valence-electron chi connectivity index (χ3n) is 3.64. The third kappa shape index (κ3) is 3.40. The van der Waals surface area contributed by atoms with E-state index in [-0.39, 0.29) is 24.0 Å². The van der Waals surface area contributed by atoms with Gasteiger partial charge in [-0.2, -0.15) is 4.98 Å². The summed E-state index contributed by atoms with van der Waals surface area (Å²) in [5.74, 6) is 1.95. The Hall–Kier alpha value is -0.900. The Balaban J connectivity index is 0.00000147. The summed E-state index contributed by atoms with van der Waals surface area (Å²) in [6.45, 7) is 2.27. The van der Waals surface area contributed by atoms with Gasteiger partial charge in [-0.15, -0.1) is 24.0 Å². The second-order valence-corrected chi connectivity index (χ2v) is 5.02. The van der Waals surface area contributed by atoms with Gasteiger partial charge in [0.25, 0.3) is 0 Å². The van der Waals surface area contributed by atoms with Crippen LogP contribution in [0.5, 0.6) is 0 Å². The van der Waals surface area contributed by atoms with Crippen LogP contribution in [-0.4, -0.2) is 41.4 Å². The van der Waals surface area contributed by atoms with Crippen LogP contribution in [0.2, 0.25) is 0 Å². The number of hydrogen-bond acceptors (Lipinski definition) is 5. The molecule has 3 unspecified atom stereocenters. The van der Waals surface area contributed by atoms with Crippen molar-refractivity contribution in [3.8, 4) is 0 Å². The number of nitrogens with zero attached hydrogens (tertiary/aromatic N) is 3. The van der Waals surface area contributed by atoms with Gasteiger partial charge in [0.1, 0.15) is 0 Å². The van der Waals surface area contributed by atoms with Crippen molar-refractivity contribution in [1.82, 2.24) is 20.8 Å². The maximum Gasteiger partial charge on any atom is 0.223 e. The van der Waals surface area contributed by atoms with Crippen molar-refractivity contribution >= 4 is 29.9 Å². The van der Waals surface area contributed by atoms with E-state index in [0.717, 1.165) is 18.8 Å². The zero-order chi connectivity index (χ0) is 13.2. The molecule has 112 valence electrons. The molecule has 0 amide bonds. The lowest BCUT2D eigenvalue weighted by Crippen LogP contribution is -2.47. The summed E-state index contributed by atoms with van der Waals surface area (Å²) in [6.07, 6.45) is 4.16. The number of aryl methyl sites for hydroxylation is 1. The van der Waals surface area contributed by atoms with Gasteiger partial charge in [0, 0.05) is 14.0 Å². The highest BCUT2D eigenvalue weighted by Crippen LogP contribution is 2.34. The summed E-state index contributed by atoms with van der Waals surface area (Å²) < 4.78 is 10.7. The maximum atomic E-state index is 5.81. The average Bonchev–Trinajstić information content (AvgIpc) is 3.11. The summed E-state index contributed by atoms with van der Waals surface area (Å²) in [5, 5.41) is 10.4. The molecule has 1 aromatic heterocycles. The number of aliphatic imine (C=N–C) groups is 1. The normalized spacial score (nSPS) is 28.3. The lowest BCUT2D eigenvalue weighted by atomic mass is 9.96. The fourth-order valence-electron chi connectivity index (χ4n) is 2.74. The Morgan fingerprint density at radius 3 is 2.85 bits per heavy atom. The topological polar surface area (TPSA) is 84.6 Å². The summed E-state index contributed by atoms with van der Waals surface area (Å²) in [7, 11) is 1.75. The number of halogens is 1. The molecule has 8 heteroatoms. The van der Waals surface area contributed by atoms with Gasteiger partial charge in [-0.25, -0.2) is 0 Å². The molecule has 20 heavy (non-hydrogen) atoms. The van der Waals surface area contributed by atoms with E-state index in [4.69, 9.17) is 9.26 Å². The van der Waals surface area contributed by atoms with Crippen LogP contribution in [0, 0.1) is 6.92 Å². The molecule has 0 aromatic carbocycles. The molecule has 2 bridgehead atoms. The second kappa shape index (κ2) is 6.70. The van der Waals surface area contributed by atoms with Crippen LogP contribution in [0.1, 0.15) is 31.0 Å². The SMILES string of the molecule is CN=C(NCc1noc(C)n1)NC1CC2CCC1O2.I. The van der Waals surface area contributed by atoms with Crippen molar-refractivity contribution in [3.63, 3.8) is 0 Å². The number of guanidine groups is 1. The molecule has 0 aliphatic carbocycles. The van der Waals surface area contributed by atoms with Gasteiger partial charge in [0.2, 0.25) is 5.89 Å². The lowest BCUT2D eigenvalue weighted by Gasteiger charge is -2.22. The van der Waals surface area contributed by atoms with E-state index < -0.39 is 0 Å². The minimum atomic E-state index is 0. The van der Waals surface area contributed by atoms with Crippen molar-refractivity contribution in [3.05, 3.63) is 11.7 Å². The smallest absolute Gasteiger partial charge is 0.223 e. The van der Waals surface area contributed by atoms with E-state index in [2.05, 4.69) is 25.8 Å². The lowest BCUT2D eigenvalue weighted by molar-refractivity contribution is 0.0992. The monoisotopic (exact) mass is 393 g/mol. The van der Waals surface area contributed by atoms with Crippen molar-refractivity contribution < 1.29 is 9.26 Å². The first-order chi connectivity index (χ1) is 9.24. The number of ether oxygens (including phenoxy) is 1. The molecule has 0 spiro atoms. The van der Waals surface area contributed by atoms with Gasteiger partial charge in [-0.05, 0) is 19.3 Å². The van der Waals surface area contributed by atoms with Crippen LogP contribution in [0.4, 0.5) is 0 Å². The Bertz CT molecular complexity index is 478. The minimum absolute atomic E-state index is 0. The van der Waals surface area contributed by atoms with Gasteiger partial charge in [-0.1, -0.05) is 5.16 Å². The molecule has 7 nitrogen and oxygen atoms in total. The zero-order valence-electron chi connectivity index (χ0n) is 11.6. The summed E-state index contributed by atoms with van der Waals surface area (Å²) in [5.41, 5.74) is 0. The molecular weight excluding hydrogens is 373 g/mol. The molecule has 3 heterocycles. The molecule has 2 aliphatic rings. The van der Waals surface area contributed by atoms with Gasteiger partial charge in [0.15, 0.2) is 11.8 Å². The second-order valence-electron chi connectivity index (χ2n) is 5.02. The molecule has 2 aliphatic heterocycles. The van der Waals surface area contributed by atoms with Gasteiger partial charge in [-0.3, -0.25) is 4.99 Å². The van der Waals surface area contributed by atoms with Crippen molar-refractivity contribution in [2.45, 2.75) is 51.0 Å². The molecule has 0 saturated carbocycles. The molecule has 2 N–H and O–H groups in total. The average molecular weight is 393 g/mol. The molecule has 3 rings (SSSR count). The predicted octanol–water partition coefficient (Wildman–Crippen LogP) is 0.981. The molecular formula is C12H20IN5O2. The molecule has 1 aromatic rings. The van der Waals surface area contributed by atoms with Crippen molar-refractivity contribution in [2.75, 3.05) is 7.05 Å². The van der Waals surface area contributed by atoms with Crippen LogP contribution in [0.25, 0.3) is 0 Å². The van der Waals surface area contributed by atoms with E-state index >= 15 is 0 Å². The van der Waals surface area contributed by atoms with E-state index in [0.29, 0.717) is 36.5 Å². The number of rotatable bonds is 3. The minimum Gasteiger partial charge on any atom is -0.373 e. The van der Waals surface area contributed by atoms with Crippen LogP contribution < -0.4 is 10.6 Å². The van der Waals surface area contributed by atoms with Crippen LogP contribution in [0.3, 0.4) is 0 Å². The van der Waals surface area contributed by atoms with Gasteiger partial charge in [0.05, 0.1) is 24.8 Å². The van der Waals surface area contributed by atoms with E-state index in [1.54, 1.807) is 14.0 Å². The summed E-state index contributed by atoms with van der Waals surface area (Å²) in [6, 6.07) is 0.358. The fourth-order valence-corrected chi connectivity index (χ4v) is 2.74. The van der Waals surface area contributed by atoms with Gasteiger partial charge < -0.3 is 19.9 Å². The number of hydrogen-bond donors (Lipinski definition) is 2. The number of aromatic nitrogens is 2. The Morgan fingerprint density at radius 1 is 1.45 bits per heavy atom. The van der Waals surface area contributed by atoms with Crippen LogP contribution >= 0.6 is 24.0 Å². The molecule has 2 fully saturated rings. The Morgan fingerprint density at radius 2 is 2.30 bits per heavy atom. The largest absolute Gasteiger partial charge is 0.373 e. The van der Waals surface area contributed by atoms with Crippen LogP contribution in [-0.2, 0) is 11.3 Å². The van der Waals surface area contributed by atoms with E-state index in [1.165, 1.54) is 6.42 Å². The highest BCUT2D eigenvalue weighted by molar-refractivity contribution is 14.0. The van der Waals surface area contributed by atoms with Crippen LogP contribution in [0.15, 0.2) is 9.52 Å². The number of nitrogens with one attached hydrogen (secondary N) is 2. The van der Waals surface area contributed by atoms with E-state index in [9.17, 15) is 0 Å². The first-order valence-corrected chi connectivity index (χ1v) is 6.66. The Kier molecular flexibility index (Phi) is 5.19. The van der Waals surface area contributed by atoms with E-state index in [1.807, 2.05) is 0 Å². The number of fused-ring (bicyclic) bond motifs is 2. The highest BCUT2D eigenvalue weighted by atomic mass is 127. The quantitative estimate of drug-likeness (QED) is 0.453. The predicted molar refractivity (Wildman–Crippen MR) is 84.1 cm³/mol. The molecule has 0 radical (unpaired) electrons. The molecule has 3 atom stereocenters. The standard InChI is InChI=1S/C12H19N5O2.HI/c1-7-15-11(17-19-7)6-14-12(13-2)16-9-5-8-3-4-10(9)18-8;/h8-10H,3-6H2,1-2H3,(H2,13,14,16);1H. The first kappa shape index (κ1) is 15.5. The first-order valence-electron chi connectivity index (χ1n) is 6.66. The van der Waals surface area contributed by atoms with Gasteiger partial charge >= 0.3 is 0 Å². The summed E-state index contributed by atoms with van der Waals surface area (Å²) >= 11 is 0. The fraction of sp³-hybridized carbons (Fsp3) is 0.750. The van der Waals surface area contributed by atoms with Crippen molar-refractivity contribution in [2.24, 2.45) is 4.99 Å².